The molecule has 0 unspecified atom stereocenters. The number of nitrogens with zero attached hydrogens (tertiary/aromatic N) is 3. The summed E-state index contributed by atoms with van der Waals surface area (Å²) in [7, 11) is 2.06. The van der Waals surface area contributed by atoms with Crippen LogP contribution in [0.2, 0.25) is 0 Å². The van der Waals surface area contributed by atoms with E-state index in [-0.39, 0.29) is 12.3 Å². The monoisotopic (exact) mass is 348 g/mol. The molecule has 134 valence electrons. The molecular formula is C18H22F2N4O. The number of benzene rings is 1. The van der Waals surface area contributed by atoms with E-state index in [0.717, 1.165) is 25.1 Å². The Hall–Kier alpha value is -2.44. The van der Waals surface area contributed by atoms with E-state index in [0.29, 0.717) is 21.6 Å². The molecule has 1 aromatic carbocycles. The van der Waals surface area contributed by atoms with Gasteiger partial charge in [-0.15, -0.1) is 0 Å². The second kappa shape index (κ2) is 6.82. The number of aromatic nitrogens is 2. The zero-order valence-corrected chi connectivity index (χ0v) is 14.6. The van der Waals surface area contributed by atoms with Crippen molar-refractivity contribution in [1.82, 2.24) is 9.78 Å². The zero-order valence-electron chi connectivity index (χ0n) is 14.6. The number of hydrogen-bond donors (Lipinski definition) is 1. The summed E-state index contributed by atoms with van der Waals surface area (Å²) in [5.41, 5.74) is 4.47. The van der Waals surface area contributed by atoms with Crippen molar-refractivity contribution in [3.8, 4) is 0 Å². The van der Waals surface area contributed by atoms with Crippen LogP contribution in [0.3, 0.4) is 0 Å². The first kappa shape index (κ1) is 17.4. The molecular weight excluding hydrogens is 326 g/mol. The molecule has 2 heterocycles. The maximum Gasteiger partial charge on any atom is 0.333 e. The lowest BCUT2D eigenvalue weighted by Crippen LogP contribution is -2.24. The number of anilines is 2. The van der Waals surface area contributed by atoms with Gasteiger partial charge in [0.15, 0.2) is 0 Å². The summed E-state index contributed by atoms with van der Waals surface area (Å²) in [4.78, 5) is 14.6. The molecule has 0 fully saturated rings. The number of halogens is 2. The van der Waals surface area contributed by atoms with Gasteiger partial charge in [-0.2, -0.15) is 13.9 Å². The van der Waals surface area contributed by atoms with Crippen LogP contribution < -0.4 is 10.2 Å². The van der Waals surface area contributed by atoms with E-state index in [4.69, 9.17) is 0 Å². The maximum absolute atomic E-state index is 12.9. The number of hydrogen-bond acceptors (Lipinski definition) is 3. The van der Waals surface area contributed by atoms with Crippen LogP contribution in [0.5, 0.6) is 0 Å². The number of alkyl halides is 2. The van der Waals surface area contributed by atoms with Gasteiger partial charge in [0.25, 0.3) is 0 Å². The van der Waals surface area contributed by atoms with Gasteiger partial charge in [0, 0.05) is 36.2 Å². The van der Waals surface area contributed by atoms with E-state index >= 15 is 0 Å². The molecule has 0 radical (unpaired) electrons. The third-order valence-electron chi connectivity index (χ3n) is 4.71. The van der Waals surface area contributed by atoms with Crippen LogP contribution >= 0.6 is 0 Å². The average molecular weight is 348 g/mol. The molecule has 7 heteroatoms. The molecule has 5 nitrogen and oxygen atoms in total. The molecule has 1 aromatic heterocycles. The van der Waals surface area contributed by atoms with E-state index < -0.39 is 6.55 Å². The molecule has 1 N–H and O–H groups in total. The Kier molecular flexibility index (Phi) is 4.74. The molecule has 25 heavy (non-hydrogen) atoms. The van der Waals surface area contributed by atoms with Crippen molar-refractivity contribution in [2.24, 2.45) is 0 Å². The number of aryl methyl sites for hydroxylation is 2. The number of nitrogens with one attached hydrogen (secondary N) is 1. The van der Waals surface area contributed by atoms with Gasteiger partial charge in [0.2, 0.25) is 5.91 Å². The molecule has 3 rings (SSSR count). The fourth-order valence-corrected chi connectivity index (χ4v) is 3.37. The SMILES string of the molecule is Cc1nn(C(F)F)c(C)c1CC(=O)Nc1ccc2c(c1)CCCN2C. The molecule has 1 amide bonds. The molecule has 0 atom stereocenters. The predicted molar refractivity (Wildman–Crippen MR) is 93.3 cm³/mol. The molecule has 0 saturated heterocycles. The van der Waals surface area contributed by atoms with E-state index in [1.807, 2.05) is 18.2 Å². The molecule has 0 spiro atoms. The Balaban J connectivity index is 1.73. The minimum absolute atomic E-state index is 0.0291. The highest BCUT2D eigenvalue weighted by molar-refractivity contribution is 5.93. The first-order valence-corrected chi connectivity index (χ1v) is 8.33. The smallest absolute Gasteiger partial charge is 0.333 e. The van der Waals surface area contributed by atoms with E-state index in [1.165, 1.54) is 11.3 Å². The van der Waals surface area contributed by atoms with Gasteiger partial charge >= 0.3 is 6.55 Å². The normalized spacial score (nSPS) is 13.9. The fraction of sp³-hybridized carbons (Fsp3) is 0.444. The summed E-state index contributed by atoms with van der Waals surface area (Å²) < 4.78 is 26.4. The number of rotatable bonds is 4. The summed E-state index contributed by atoms with van der Waals surface area (Å²) in [6, 6.07) is 5.88. The number of fused-ring (bicyclic) bond motifs is 1. The van der Waals surface area contributed by atoms with E-state index in [1.54, 1.807) is 13.8 Å². The van der Waals surface area contributed by atoms with Crippen LogP contribution in [-0.2, 0) is 17.6 Å². The van der Waals surface area contributed by atoms with Crippen LogP contribution in [0.1, 0.15) is 35.5 Å². The third-order valence-corrected chi connectivity index (χ3v) is 4.71. The van der Waals surface area contributed by atoms with Gasteiger partial charge in [-0.05, 0) is 50.5 Å². The Morgan fingerprint density at radius 1 is 1.36 bits per heavy atom. The van der Waals surface area contributed by atoms with Crippen molar-refractivity contribution in [2.45, 2.75) is 39.7 Å². The second-order valence-corrected chi connectivity index (χ2v) is 6.47. The molecule has 0 bridgehead atoms. The number of carbonyl (C=O) groups excluding carboxylic acids is 1. The Morgan fingerprint density at radius 2 is 2.12 bits per heavy atom. The van der Waals surface area contributed by atoms with Crippen LogP contribution in [0.15, 0.2) is 18.2 Å². The molecule has 1 aliphatic heterocycles. The highest BCUT2D eigenvalue weighted by atomic mass is 19.3. The summed E-state index contributed by atoms with van der Waals surface area (Å²) in [5, 5.41) is 6.68. The predicted octanol–water partition coefficient (Wildman–Crippen LogP) is 3.46. The van der Waals surface area contributed by atoms with Crippen LogP contribution in [0.4, 0.5) is 20.2 Å². The standard InChI is InChI=1S/C18H22F2N4O/c1-11-15(12(2)24(22-11)18(19)20)10-17(25)21-14-6-7-16-13(9-14)5-4-8-23(16)3/h6-7,9,18H,4-5,8,10H2,1-3H3,(H,21,25). The molecule has 0 aliphatic carbocycles. The Bertz CT molecular complexity index is 801. The minimum Gasteiger partial charge on any atom is -0.374 e. The van der Waals surface area contributed by atoms with Crippen molar-refractivity contribution in [2.75, 3.05) is 23.8 Å². The van der Waals surface area contributed by atoms with E-state index in [9.17, 15) is 13.6 Å². The highest BCUT2D eigenvalue weighted by Gasteiger charge is 2.20. The Morgan fingerprint density at radius 3 is 2.80 bits per heavy atom. The lowest BCUT2D eigenvalue weighted by molar-refractivity contribution is -0.115. The second-order valence-electron chi connectivity index (χ2n) is 6.47. The first-order chi connectivity index (χ1) is 11.9. The van der Waals surface area contributed by atoms with Gasteiger partial charge < -0.3 is 10.2 Å². The highest BCUT2D eigenvalue weighted by Crippen LogP contribution is 2.28. The van der Waals surface area contributed by atoms with Crippen LogP contribution in [-0.4, -0.2) is 29.3 Å². The first-order valence-electron chi connectivity index (χ1n) is 8.33. The maximum atomic E-state index is 12.9. The lowest BCUT2D eigenvalue weighted by atomic mass is 10.0. The summed E-state index contributed by atoms with van der Waals surface area (Å²) in [6.07, 6.45) is 2.11. The van der Waals surface area contributed by atoms with Crippen molar-refractivity contribution >= 4 is 17.3 Å². The van der Waals surface area contributed by atoms with Crippen molar-refractivity contribution in [3.05, 3.63) is 40.7 Å². The number of carbonyl (C=O) groups is 1. The van der Waals surface area contributed by atoms with Crippen molar-refractivity contribution < 1.29 is 13.6 Å². The van der Waals surface area contributed by atoms with Crippen LogP contribution in [0.25, 0.3) is 0 Å². The summed E-state index contributed by atoms with van der Waals surface area (Å²) in [6.45, 7) is 1.53. The lowest BCUT2D eigenvalue weighted by Gasteiger charge is -2.27. The molecule has 2 aromatic rings. The van der Waals surface area contributed by atoms with Gasteiger partial charge in [0.05, 0.1) is 12.1 Å². The quantitative estimate of drug-likeness (QED) is 0.921. The summed E-state index contributed by atoms with van der Waals surface area (Å²) in [5.74, 6) is -0.232. The van der Waals surface area contributed by atoms with E-state index in [2.05, 4.69) is 22.4 Å². The van der Waals surface area contributed by atoms with Crippen LogP contribution in [0, 0.1) is 13.8 Å². The largest absolute Gasteiger partial charge is 0.374 e. The minimum atomic E-state index is -2.70. The van der Waals surface area contributed by atoms with Crippen molar-refractivity contribution in [3.63, 3.8) is 0 Å². The van der Waals surface area contributed by atoms with Crippen molar-refractivity contribution in [1.29, 1.82) is 0 Å². The molecule has 1 aliphatic rings. The van der Waals surface area contributed by atoms with Gasteiger partial charge in [-0.1, -0.05) is 0 Å². The summed E-state index contributed by atoms with van der Waals surface area (Å²) >= 11 is 0. The third kappa shape index (κ3) is 3.50. The fourth-order valence-electron chi connectivity index (χ4n) is 3.37. The van der Waals surface area contributed by atoms with Gasteiger partial charge in [-0.3, -0.25) is 4.79 Å². The zero-order chi connectivity index (χ0) is 18.1. The average Bonchev–Trinajstić information content (AvgIpc) is 2.83. The molecule has 0 saturated carbocycles. The Labute approximate surface area is 145 Å². The van der Waals surface area contributed by atoms with Gasteiger partial charge in [0.1, 0.15) is 0 Å². The van der Waals surface area contributed by atoms with Gasteiger partial charge in [-0.25, -0.2) is 4.68 Å². The topological polar surface area (TPSA) is 50.2 Å². The number of amides is 1.